The van der Waals surface area contributed by atoms with Crippen molar-refractivity contribution in [3.63, 3.8) is 0 Å². The number of benzene rings is 1. The predicted molar refractivity (Wildman–Crippen MR) is 60.6 cm³/mol. The number of rotatable bonds is 2. The molecule has 17 heavy (non-hydrogen) atoms. The van der Waals surface area contributed by atoms with Gasteiger partial charge in [-0.3, -0.25) is 4.79 Å². The van der Waals surface area contributed by atoms with Crippen molar-refractivity contribution in [3.05, 3.63) is 23.3 Å². The van der Waals surface area contributed by atoms with Crippen molar-refractivity contribution in [2.24, 2.45) is 0 Å². The number of epoxide rings is 1. The summed E-state index contributed by atoms with van der Waals surface area (Å²) in [7, 11) is 0. The van der Waals surface area contributed by atoms with E-state index in [1.807, 2.05) is 6.92 Å². The first-order valence-corrected chi connectivity index (χ1v) is 5.68. The van der Waals surface area contributed by atoms with Crippen molar-refractivity contribution in [2.45, 2.75) is 32.0 Å². The standard InChI is InChI=1S/C13H14O4/c1-7(14)8-3-4-10-9(12(8)15)5-11(17-10)13(2)6-16-13/h3-4,11,15H,5-6H2,1-2H3/t11-,13?/m1/s1. The number of hydrogen-bond acceptors (Lipinski definition) is 4. The summed E-state index contributed by atoms with van der Waals surface area (Å²) in [4.78, 5) is 11.3. The number of aromatic hydroxyl groups is 1. The smallest absolute Gasteiger partial charge is 0.163 e. The summed E-state index contributed by atoms with van der Waals surface area (Å²) < 4.78 is 11.1. The first-order valence-electron chi connectivity index (χ1n) is 5.68. The normalized spacial score (nSPS) is 29.6. The molecule has 3 rings (SSSR count). The molecule has 0 spiro atoms. The van der Waals surface area contributed by atoms with Crippen LogP contribution in [0, 0.1) is 0 Å². The average molecular weight is 234 g/mol. The van der Waals surface area contributed by atoms with Gasteiger partial charge in [-0.25, -0.2) is 0 Å². The van der Waals surface area contributed by atoms with Gasteiger partial charge in [-0.1, -0.05) is 0 Å². The zero-order valence-electron chi connectivity index (χ0n) is 9.82. The molecule has 1 aromatic rings. The largest absolute Gasteiger partial charge is 0.507 e. The van der Waals surface area contributed by atoms with E-state index in [4.69, 9.17) is 9.47 Å². The van der Waals surface area contributed by atoms with E-state index in [0.717, 1.165) is 5.56 Å². The summed E-state index contributed by atoms with van der Waals surface area (Å²) >= 11 is 0. The molecule has 4 heteroatoms. The molecule has 0 saturated carbocycles. The number of carbonyl (C=O) groups is 1. The molecule has 2 aliphatic heterocycles. The molecule has 2 atom stereocenters. The maximum absolute atomic E-state index is 11.3. The number of ketones is 1. The molecule has 0 bridgehead atoms. The van der Waals surface area contributed by atoms with Crippen LogP contribution in [-0.2, 0) is 11.2 Å². The second kappa shape index (κ2) is 3.23. The molecule has 1 N–H and O–H groups in total. The van der Waals surface area contributed by atoms with Gasteiger partial charge in [-0.05, 0) is 26.0 Å². The van der Waals surface area contributed by atoms with Gasteiger partial charge in [-0.2, -0.15) is 0 Å². The fourth-order valence-corrected chi connectivity index (χ4v) is 2.23. The molecular formula is C13H14O4. The van der Waals surface area contributed by atoms with Crippen LogP contribution in [0.3, 0.4) is 0 Å². The molecule has 2 aliphatic rings. The summed E-state index contributed by atoms with van der Waals surface area (Å²) in [6.45, 7) is 4.12. The molecule has 2 heterocycles. The highest BCUT2D eigenvalue weighted by molar-refractivity contribution is 5.97. The van der Waals surface area contributed by atoms with E-state index in [0.29, 0.717) is 24.3 Å². The number of ether oxygens (including phenoxy) is 2. The monoisotopic (exact) mass is 234 g/mol. The van der Waals surface area contributed by atoms with Gasteiger partial charge in [0.1, 0.15) is 23.2 Å². The SMILES string of the molecule is CC(=O)c1ccc2c(c1O)C[C@H](C1(C)CO1)O2. The molecule has 1 saturated heterocycles. The van der Waals surface area contributed by atoms with Crippen LogP contribution in [0.15, 0.2) is 12.1 Å². The van der Waals surface area contributed by atoms with Crippen LogP contribution in [0.5, 0.6) is 11.5 Å². The summed E-state index contributed by atoms with van der Waals surface area (Å²) in [6.07, 6.45) is 0.532. The molecule has 1 aromatic carbocycles. The molecule has 0 aliphatic carbocycles. The second-order valence-corrected chi connectivity index (χ2v) is 4.91. The van der Waals surface area contributed by atoms with Crippen LogP contribution in [0.25, 0.3) is 0 Å². The molecule has 1 fully saturated rings. The van der Waals surface area contributed by atoms with Gasteiger partial charge in [-0.15, -0.1) is 0 Å². The van der Waals surface area contributed by atoms with Crippen LogP contribution in [-0.4, -0.2) is 29.2 Å². The zero-order valence-corrected chi connectivity index (χ0v) is 9.82. The molecular weight excluding hydrogens is 220 g/mol. The van der Waals surface area contributed by atoms with Crippen LogP contribution in [0.2, 0.25) is 0 Å². The number of hydrogen-bond donors (Lipinski definition) is 1. The Morgan fingerprint density at radius 1 is 1.53 bits per heavy atom. The highest BCUT2D eigenvalue weighted by Gasteiger charge is 2.51. The van der Waals surface area contributed by atoms with E-state index >= 15 is 0 Å². The lowest BCUT2D eigenvalue weighted by atomic mass is 9.98. The minimum absolute atomic E-state index is 0.0572. The lowest BCUT2D eigenvalue weighted by molar-refractivity contribution is 0.101. The van der Waals surface area contributed by atoms with Crippen molar-refractivity contribution in [1.29, 1.82) is 0 Å². The van der Waals surface area contributed by atoms with Crippen LogP contribution < -0.4 is 4.74 Å². The molecule has 90 valence electrons. The van der Waals surface area contributed by atoms with Gasteiger partial charge in [0.05, 0.1) is 12.2 Å². The van der Waals surface area contributed by atoms with Gasteiger partial charge in [0, 0.05) is 12.0 Å². The van der Waals surface area contributed by atoms with Crippen LogP contribution in [0.1, 0.15) is 29.8 Å². The van der Waals surface area contributed by atoms with E-state index in [2.05, 4.69) is 0 Å². The Bertz CT molecular complexity index is 502. The van der Waals surface area contributed by atoms with Gasteiger partial charge in [0.25, 0.3) is 0 Å². The average Bonchev–Trinajstić information content (AvgIpc) is 2.87. The van der Waals surface area contributed by atoms with Crippen molar-refractivity contribution in [3.8, 4) is 11.5 Å². The Hall–Kier alpha value is -1.55. The lowest BCUT2D eigenvalue weighted by Crippen LogP contribution is -2.30. The van der Waals surface area contributed by atoms with Gasteiger partial charge < -0.3 is 14.6 Å². The van der Waals surface area contributed by atoms with Gasteiger partial charge in [0.2, 0.25) is 0 Å². The third-order valence-corrected chi connectivity index (χ3v) is 3.56. The van der Waals surface area contributed by atoms with E-state index in [1.54, 1.807) is 12.1 Å². The number of Topliss-reactive ketones (excluding diaryl/α,β-unsaturated/α-hetero) is 1. The third kappa shape index (κ3) is 1.52. The molecule has 0 radical (unpaired) electrons. The third-order valence-electron chi connectivity index (χ3n) is 3.56. The zero-order chi connectivity index (χ0) is 12.2. The molecule has 0 aromatic heterocycles. The summed E-state index contributed by atoms with van der Waals surface area (Å²) in [5.74, 6) is 0.582. The lowest BCUT2D eigenvalue weighted by Gasteiger charge is -2.13. The van der Waals surface area contributed by atoms with Crippen molar-refractivity contribution in [1.82, 2.24) is 0 Å². The summed E-state index contributed by atoms with van der Waals surface area (Å²) in [6, 6.07) is 3.35. The van der Waals surface area contributed by atoms with Gasteiger partial charge >= 0.3 is 0 Å². The molecule has 0 amide bonds. The fourth-order valence-electron chi connectivity index (χ4n) is 2.23. The Labute approximate surface area is 99.2 Å². The molecule has 4 nitrogen and oxygen atoms in total. The topological polar surface area (TPSA) is 59.1 Å². The minimum Gasteiger partial charge on any atom is -0.507 e. The number of phenols is 1. The Balaban J connectivity index is 1.97. The second-order valence-electron chi connectivity index (χ2n) is 4.91. The number of phenolic OH excluding ortho intramolecular Hbond substituents is 1. The van der Waals surface area contributed by atoms with E-state index in [1.165, 1.54) is 6.92 Å². The van der Waals surface area contributed by atoms with Crippen molar-refractivity contribution >= 4 is 5.78 Å². The maximum atomic E-state index is 11.3. The first kappa shape index (κ1) is 10.6. The molecule has 1 unspecified atom stereocenters. The van der Waals surface area contributed by atoms with Crippen molar-refractivity contribution < 1.29 is 19.4 Å². The minimum atomic E-state index is -0.234. The highest BCUT2D eigenvalue weighted by Crippen LogP contribution is 2.44. The number of fused-ring (bicyclic) bond motifs is 1. The van der Waals surface area contributed by atoms with Crippen molar-refractivity contribution in [2.75, 3.05) is 6.61 Å². The first-order chi connectivity index (χ1) is 8.01. The van der Waals surface area contributed by atoms with Gasteiger partial charge in [0.15, 0.2) is 5.78 Å². The Kier molecular flexibility index (Phi) is 2.01. The predicted octanol–water partition coefficient (Wildman–Crippen LogP) is 1.69. The summed E-state index contributed by atoms with van der Waals surface area (Å²) in [5.41, 5.74) is 0.844. The van der Waals surface area contributed by atoms with E-state index < -0.39 is 0 Å². The fraction of sp³-hybridized carbons (Fsp3) is 0.462. The quantitative estimate of drug-likeness (QED) is 0.625. The highest BCUT2D eigenvalue weighted by atomic mass is 16.6. The van der Waals surface area contributed by atoms with Crippen LogP contribution in [0.4, 0.5) is 0 Å². The van der Waals surface area contributed by atoms with E-state index in [9.17, 15) is 9.90 Å². The maximum Gasteiger partial charge on any atom is 0.163 e. The summed E-state index contributed by atoms with van der Waals surface area (Å²) in [5, 5.41) is 10.0. The number of carbonyl (C=O) groups excluding carboxylic acids is 1. The van der Waals surface area contributed by atoms with Crippen LogP contribution >= 0.6 is 0 Å². The Morgan fingerprint density at radius 2 is 2.24 bits per heavy atom. The Morgan fingerprint density at radius 3 is 2.82 bits per heavy atom. The van der Waals surface area contributed by atoms with E-state index in [-0.39, 0.29) is 23.2 Å².